The Balaban J connectivity index is 2.13. The summed E-state index contributed by atoms with van der Waals surface area (Å²) in [7, 11) is 0. The van der Waals surface area contributed by atoms with E-state index in [2.05, 4.69) is 36.7 Å². The number of carbonyl (C=O) groups excluding carboxylic acids is 1. The van der Waals surface area contributed by atoms with E-state index in [-0.39, 0.29) is 5.78 Å². The van der Waals surface area contributed by atoms with Gasteiger partial charge in [-0.15, -0.1) is 0 Å². The van der Waals surface area contributed by atoms with Gasteiger partial charge in [0.05, 0.1) is 6.54 Å². The topological polar surface area (TPSA) is 34.0 Å². The average Bonchev–Trinajstić information content (AvgIpc) is 2.75. The predicted molar refractivity (Wildman–Crippen MR) is 83.5 cm³/mol. The Morgan fingerprint density at radius 2 is 2.00 bits per heavy atom. The van der Waals surface area contributed by atoms with Gasteiger partial charge < -0.3 is 9.88 Å². The second kappa shape index (κ2) is 7.07. The van der Waals surface area contributed by atoms with Gasteiger partial charge in [-0.25, -0.2) is 0 Å². The lowest BCUT2D eigenvalue weighted by molar-refractivity contribution is 0.0990. The molecule has 1 saturated carbocycles. The molecule has 3 nitrogen and oxygen atoms in total. The molecule has 0 aliphatic heterocycles. The summed E-state index contributed by atoms with van der Waals surface area (Å²) in [6.07, 6.45) is 7.60. The number of carbonyl (C=O) groups is 1. The maximum atomic E-state index is 12.3. The number of nitrogens with one attached hydrogen (secondary N) is 1. The van der Waals surface area contributed by atoms with E-state index >= 15 is 0 Å². The Morgan fingerprint density at radius 1 is 1.30 bits per heavy atom. The van der Waals surface area contributed by atoms with Gasteiger partial charge in [-0.05, 0) is 45.7 Å². The third-order valence-electron chi connectivity index (χ3n) is 4.44. The van der Waals surface area contributed by atoms with Gasteiger partial charge in [-0.1, -0.05) is 26.2 Å². The van der Waals surface area contributed by atoms with Crippen molar-refractivity contribution >= 4 is 5.78 Å². The van der Waals surface area contributed by atoms with Gasteiger partial charge in [0, 0.05) is 23.0 Å². The van der Waals surface area contributed by atoms with Crippen LogP contribution in [0.1, 0.15) is 73.2 Å². The fraction of sp³-hybridized carbons (Fsp3) is 0.706. The minimum absolute atomic E-state index is 0.230. The third-order valence-corrected chi connectivity index (χ3v) is 4.44. The molecule has 1 aliphatic carbocycles. The molecule has 2 rings (SSSR count). The van der Waals surface area contributed by atoms with Gasteiger partial charge in [-0.3, -0.25) is 4.79 Å². The molecule has 1 aromatic heterocycles. The fourth-order valence-corrected chi connectivity index (χ4v) is 3.43. The van der Waals surface area contributed by atoms with Crippen molar-refractivity contribution in [1.29, 1.82) is 0 Å². The van der Waals surface area contributed by atoms with Gasteiger partial charge in [-0.2, -0.15) is 0 Å². The molecule has 20 heavy (non-hydrogen) atoms. The molecule has 0 bridgehead atoms. The van der Waals surface area contributed by atoms with Crippen LogP contribution < -0.4 is 5.32 Å². The van der Waals surface area contributed by atoms with Gasteiger partial charge in [0.15, 0.2) is 5.78 Å². The molecule has 1 aromatic rings. The van der Waals surface area contributed by atoms with Crippen LogP contribution in [-0.2, 0) is 0 Å². The Kier molecular flexibility index (Phi) is 5.41. The highest BCUT2D eigenvalue weighted by Crippen LogP contribution is 2.32. The van der Waals surface area contributed by atoms with E-state index in [1.54, 1.807) is 0 Å². The van der Waals surface area contributed by atoms with Crippen LogP contribution in [0.4, 0.5) is 0 Å². The molecule has 112 valence electrons. The van der Waals surface area contributed by atoms with Gasteiger partial charge in [0.1, 0.15) is 0 Å². The monoisotopic (exact) mass is 276 g/mol. The van der Waals surface area contributed by atoms with Crippen molar-refractivity contribution in [2.75, 3.05) is 13.1 Å². The number of rotatable bonds is 6. The van der Waals surface area contributed by atoms with Crippen molar-refractivity contribution in [3.05, 3.63) is 23.0 Å². The number of aryl methyl sites for hydroxylation is 1. The van der Waals surface area contributed by atoms with Crippen LogP contribution in [0.5, 0.6) is 0 Å². The van der Waals surface area contributed by atoms with Crippen LogP contribution in [0.15, 0.2) is 6.07 Å². The van der Waals surface area contributed by atoms with Crippen LogP contribution in [0.3, 0.4) is 0 Å². The van der Waals surface area contributed by atoms with Crippen LogP contribution in [0.2, 0.25) is 0 Å². The number of nitrogens with zero attached hydrogens (tertiary/aromatic N) is 1. The summed E-state index contributed by atoms with van der Waals surface area (Å²) in [5.41, 5.74) is 3.32. The van der Waals surface area contributed by atoms with E-state index < -0.39 is 0 Å². The summed E-state index contributed by atoms with van der Waals surface area (Å²) < 4.78 is 2.41. The van der Waals surface area contributed by atoms with E-state index in [1.165, 1.54) is 37.8 Å². The van der Waals surface area contributed by atoms with Crippen molar-refractivity contribution in [3.8, 4) is 0 Å². The minimum atomic E-state index is 0.230. The summed E-state index contributed by atoms with van der Waals surface area (Å²) in [4.78, 5) is 12.3. The third kappa shape index (κ3) is 3.32. The highest BCUT2D eigenvalue weighted by molar-refractivity contribution is 5.99. The van der Waals surface area contributed by atoms with E-state index in [0.29, 0.717) is 12.6 Å². The molecule has 1 N–H and O–H groups in total. The number of hydrogen-bond acceptors (Lipinski definition) is 2. The van der Waals surface area contributed by atoms with Gasteiger partial charge in [0.2, 0.25) is 0 Å². The smallest absolute Gasteiger partial charge is 0.178 e. The quantitative estimate of drug-likeness (QED) is 0.633. The van der Waals surface area contributed by atoms with E-state index in [9.17, 15) is 4.79 Å². The van der Waals surface area contributed by atoms with E-state index in [0.717, 1.165) is 24.2 Å². The molecule has 0 aromatic carbocycles. The summed E-state index contributed by atoms with van der Waals surface area (Å²) in [6, 6.07) is 2.69. The molecule has 0 unspecified atom stereocenters. The van der Waals surface area contributed by atoms with Crippen molar-refractivity contribution < 1.29 is 4.79 Å². The minimum Gasteiger partial charge on any atom is -0.345 e. The molecule has 1 heterocycles. The van der Waals surface area contributed by atoms with Crippen LogP contribution >= 0.6 is 0 Å². The van der Waals surface area contributed by atoms with Gasteiger partial charge in [0.25, 0.3) is 0 Å². The van der Waals surface area contributed by atoms with Crippen LogP contribution in [0.25, 0.3) is 0 Å². The Hall–Kier alpha value is -1.09. The lowest BCUT2D eigenvalue weighted by Gasteiger charge is -2.26. The molecule has 1 aliphatic rings. The summed E-state index contributed by atoms with van der Waals surface area (Å²) in [5.74, 6) is 0.230. The first kappa shape index (κ1) is 15.3. The normalized spacial score (nSPS) is 16.6. The second-order valence-corrected chi connectivity index (χ2v) is 6.05. The molecule has 1 fully saturated rings. The summed E-state index contributed by atoms with van der Waals surface area (Å²) >= 11 is 0. The molecule has 0 atom stereocenters. The molecule has 0 amide bonds. The second-order valence-electron chi connectivity index (χ2n) is 6.05. The first-order valence-electron chi connectivity index (χ1n) is 8.07. The Bertz CT molecular complexity index is 456. The maximum Gasteiger partial charge on any atom is 0.178 e. The van der Waals surface area contributed by atoms with Crippen molar-refractivity contribution in [2.45, 2.75) is 65.3 Å². The molecule has 3 heteroatoms. The molecular formula is C17H28N2O. The van der Waals surface area contributed by atoms with Crippen molar-refractivity contribution in [1.82, 2.24) is 9.88 Å². The highest BCUT2D eigenvalue weighted by atomic mass is 16.1. The molecular weight excluding hydrogens is 248 g/mol. The van der Waals surface area contributed by atoms with Crippen molar-refractivity contribution in [3.63, 3.8) is 0 Å². The zero-order valence-electron chi connectivity index (χ0n) is 13.2. The molecule has 0 spiro atoms. The summed E-state index contributed by atoms with van der Waals surface area (Å²) in [6.45, 7) is 7.73. The Morgan fingerprint density at radius 3 is 2.65 bits per heavy atom. The zero-order chi connectivity index (χ0) is 14.5. The maximum absolute atomic E-state index is 12.3. The zero-order valence-corrected chi connectivity index (χ0v) is 13.2. The first-order valence-corrected chi connectivity index (χ1v) is 8.07. The predicted octanol–water partition coefficient (Wildman–Crippen LogP) is 3.79. The van der Waals surface area contributed by atoms with Crippen LogP contribution in [-0.4, -0.2) is 23.4 Å². The Labute approximate surface area is 122 Å². The first-order chi connectivity index (χ1) is 9.65. The molecule has 0 radical (unpaired) electrons. The number of Topliss-reactive ketones (excluding diaryl/α,β-unsaturated/α-hetero) is 1. The standard InChI is InChI=1S/C17H28N2O/c1-4-10-18-12-17(20)16-11-13(2)19(14(16)3)15-8-6-5-7-9-15/h11,15,18H,4-10,12H2,1-3H3. The van der Waals surface area contributed by atoms with Crippen molar-refractivity contribution in [2.24, 2.45) is 0 Å². The fourth-order valence-electron chi connectivity index (χ4n) is 3.43. The number of aromatic nitrogens is 1. The largest absolute Gasteiger partial charge is 0.345 e. The summed E-state index contributed by atoms with van der Waals surface area (Å²) in [5, 5.41) is 3.21. The van der Waals surface area contributed by atoms with E-state index in [4.69, 9.17) is 0 Å². The molecule has 0 saturated heterocycles. The van der Waals surface area contributed by atoms with Crippen LogP contribution in [0, 0.1) is 13.8 Å². The number of ketones is 1. The average molecular weight is 276 g/mol. The SMILES string of the molecule is CCCNCC(=O)c1cc(C)n(C2CCCCC2)c1C. The lowest BCUT2D eigenvalue weighted by Crippen LogP contribution is -2.24. The highest BCUT2D eigenvalue weighted by Gasteiger charge is 2.22. The van der Waals surface area contributed by atoms with Gasteiger partial charge >= 0.3 is 0 Å². The lowest BCUT2D eigenvalue weighted by atomic mass is 9.95. The number of hydrogen-bond donors (Lipinski definition) is 1. The van der Waals surface area contributed by atoms with E-state index in [1.807, 2.05) is 0 Å².